The lowest BCUT2D eigenvalue weighted by molar-refractivity contribution is 0.216. The molecule has 166 valence electrons. The number of aryl methyl sites for hydroxylation is 2. The SMILES string of the molecule is Cc1cc(N=S(C)C)cc2ncnc(Nc3ccc(F)cc3OC(C)c3ccnn3C)c12. The molecule has 0 saturated carbocycles. The third kappa shape index (κ3) is 4.62. The molecule has 4 aromatic rings. The first kappa shape index (κ1) is 21.9. The standard InChI is InChI=1S/C23H25FN6OS/c1-14-10-17(29-32(4)5)12-19-22(14)23(26-13-25-19)28-18-7-6-16(24)11-21(18)31-15(2)20-8-9-27-30(20)3/h6-13,15H,1-5H3,(H,25,26,28). The molecule has 1 atom stereocenters. The highest BCUT2D eigenvalue weighted by Gasteiger charge is 2.16. The van der Waals surface area contributed by atoms with Crippen molar-refractivity contribution >= 4 is 38.8 Å². The van der Waals surface area contributed by atoms with Gasteiger partial charge in [-0.25, -0.2) is 18.7 Å². The van der Waals surface area contributed by atoms with Crippen molar-refractivity contribution in [1.29, 1.82) is 0 Å². The van der Waals surface area contributed by atoms with Crippen LogP contribution < -0.4 is 10.1 Å². The highest BCUT2D eigenvalue weighted by molar-refractivity contribution is 7.85. The maximum atomic E-state index is 14.1. The average molecular weight is 453 g/mol. The second-order valence-corrected chi connectivity index (χ2v) is 9.38. The highest BCUT2D eigenvalue weighted by Crippen LogP contribution is 2.35. The molecule has 0 aliphatic rings. The molecule has 0 spiro atoms. The summed E-state index contributed by atoms with van der Waals surface area (Å²) in [5.74, 6) is 0.624. The lowest BCUT2D eigenvalue weighted by Crippen LogP contribution is -2.10. The van der Waals surface area contributed by atoms with Gasteiger partial charge >= 0.3 is 0 Å². The number of ether oxygens (including phenoxy) is 1. The summed E-state index contributed by atoms with van der Waals surface area (Å²) in [6.45, 7) is 3.90. The normalized spacial score (nSPS) is 12.2. The number of hydrogen-bond donors (Lipinski definition) is 1. The Hall–Kier alpha value is -3.33. The molecule has 0 fully saturated rings. The molecule has 2 heterocycles. The second kappa shape index (κ2) is 9.04. The van der Waals surface area contributed by atoms with Gasteiger partial charge in [0.15, 0.2) is 0 Å². The van der Waals surface area contributed by atoms with Crippen LogP contribution in [0.5, 0.6) is 5.75 Å². The van der Waals surface area contributed by atoms with Gasteiger partial charge in [-0.05, 0) is 62.3 Å². The molecular weight excluding hydrogens is 427 g/mol. The third-order valence-corrected chi connectivity index (χ3v) is 5.56. The van der Waals surface area contributed by atoms with Gasteiger partial charge in [0.1, 0.15) is 29.8 Å². The van der Waals surface area contributed by atoms with Gasteiger partial charge in [-0.2, -0.15) is 5.10 Å². The third-order valence-electron chi connectivity index (χ3n) is 4.98. The van der Waals surface area contributed by atoms with E-state index in [1.165, 1.54) is 18.5 Å². The fourth-order valence-electron chi connectivity index (χ4n) is 3.59. The monoisotopic (exact) mass is 452 g/mol. The van der Waals surface area contributed by atoms with Gasteiger partial charge < -0.3 is 10.1 Å². The van der Waals surface area contributed by atoms with E-state index in [-0.39, 0.29) is 22.6 Å². The van der Waals surface area contributed by atoms with Gasteiger partial charge in [0.2, 0.25) is 0 Å². The first-order chi connectivity index (χ1) is 15.3. The maximum absolute atomic E-state index is 14.1. The Labute approximate surface area is 188 Å². The Morgan fingerprint density at radius 3 is 2.69 bits per heavy atom. The molecule has 2 aromatic heterocycles. The number of nitrogens with zero attached hydrogens (tertiary/aromatic N) is 5. The fraction of sp³-hybridized carbons (Fsp3) is 0.261. The molecule has 1 unspecified atom stereocenters. The van der Waals surface area contributed by atoms with Gasteiger partial charge in [-0.3, -0.25) is 4.68 Å². The van der Waals surface area contributed by atoms with Crippen LogP contribution in [0, 0.1) is 12.7 Å². The Bertz CT molecular complexity index is 1320. The molecule has 7 nitrogen and oxygen atoms in total. The van der Waals surface area contributed by atoms with Crippen molar-refractivity contribution in [2.24, 2.45) is 11.4 Å². The van der Waals surface area contributed by atoms with Crippen LogP contribution in [-0.2, 0) is 17.7 Å². The number of anilines is 2. The summed E-state index contributed by atoms with van der Waals surface area (Å²) in [6, 6.07) is 10.3. The van der Waals surface area contributed by atoms with Crippen LogP contribution in [0.4, 0.5) is 21.6 Å². The molecule has 9 heteroatoms. The second-order valence-electron chi connectivity index (χ2n) is 7.65. The van der Waals surface area contributed by atoms with Crippen molar-refractivity contribution in [1.82, 2.24) is 19.7 Å². The van der Waals surface area contributed by atoms with Crippen molar-refractivity contribution in [3.8, 4) is 5.75 Å². The summed E-state index contributed by atoms with van der Waals surface area (Å²) in [5.41, 5.74) is 4.17. The predicted molar refractivity (Wildman–Crippen MR) is 128 cm³/mol. The zero-order valence-corrected chi connectivity index (χ0v) is 19.4. The zero-order chi connectivity index (χ0) is 22.8. The van der Waals surface area contributed by atoms with Crippen LogP contribution in [-0.4, -0.2) is 32.3 Å². The minimum absolute atomic E-state index is 0.0726. The fourth-order valence-corrected chi connectivity index (χ4v) is 4.12. The predicted octanol–water partition coefficient (Wildman–Crippen LogP) is 5.39. The molecule has 0 radical (unpaired) electrons. The van der Waals surface area contributed by atoms with Gasteiger partial charge in [-0.15, -0.1) is 10.7 Å². The summed E-state index contributed by atoms with van der Waals surface area (Å²) in [5, 5.41) is 8.38. The number of halogens is 1. The van der Waals surface area contributed by atoms with Gasteiger partial charge in [0.25, 0.3) is 0 Å². The smallest absolute Gasteiger partial charge is 0.146 e. The lowest BCUT2D eigenvalue weighted by Gasteiger charge is -2.19. The van der Waals surface area contributed by atoms with E-state index in [0.717, 1.165) is 27.8 Å². The van der Waals surface area contributed by atoms with Crippen LogP contribution in [0.3, 0.4) is 0 Å². The molecule has 0 bridgehead atoms. The van der Waals surface area contributed by atoms with E-state index in [9.17, 15) is 4.39 Å². The molecule has 1 N–H and O–H groups in total. The molecular formula is C23H25FN6OS. The Morgan fingerprint density at radius 2 is 1.97 bits per heavy atom. The maximum Gasteiger partial charge on any atom is 0.146 e. The summed E-state index contributed by atoms with van der Waals surface area (Å²) in [7, 11) is 1.77. The lowest BCUT2D eigenvalue weighted by atomic mass is 10.1. The van der Waals surface area contributed by atoms with E-state index in [0.29, 0.717) is 17.3 Å². The highest BCUT2D eigenvalue weighted by atomic mass is 32.2. The number of aromatic nitrogens is 4. The van der Waals surface area contributed by atoms with Crippen molar-refractivity contribution in [3.05, 3.63) is 66.0 Å². The number of hydrogen-bond acceptors (Lipinski definition) is 6. The number of fused-ring (bicyclic) bond motifs is 1. The van der Waals surface area contributed by atoms with E-state index in [4.69, 9.17) is 4.74 Å². The first-order valence-corrected chi connectivity index (χ1v) is 12.1. The minimum Gasteiger partial charge on any atom is -0.482 e. The van der Waals surface area contributed by atoms with Crippen LogP contribution in [0.2, 0.25) is 0 Å². The molecule has 0 saturated heterocycles. The Morgan fingerprint density at radius 1 is 1.16 bits per heavy atom. The van der Waals surface area contributed by atoms with Crippen LogP contribution in [0.25, 0.3) is 10.9 Å². The molecule has 0 amide bonds. The Kier molecular flexibility index (Phi) is 6.18. The van der Waals surface area contributed by atoms with Crippen molar-refractivity contribution in [2.75, 3.05) is 17.8 Å². The van der Waals surface area contributed by atoms with Crippen molar-refractivity contribution in [3.63, 3.8) is 0 Å². The zero-order valence-electron chi connectivity index (χ0n) is 18.6. The van der Waals surface area contributed by atoms with Crippen LogP contribution in [0.15, 0.2) is 53.3 Å². The summed E-state index contributed by atoms with van der Waals surface area (Å²) in [4.78, 5) is 8.88. The Balaban J connectivity index is 1.72. The number of rotatable bonds is 6. The molecule has 4 rings (SSSR count). The van der Waals surface area contributed by atoms with Crippen LogP contribution >= 0.6 is 0 Å². The van der Waals surface area contributed by atoms with Crippen LogP contribution in [0.1, 0.15) is 24.3 Å². The summed E-state index contributed by atoms with van der Waals surface area (Å²) < 4.78 is 26.6. The molecule has 0 aliphatic carbocycles. The summed E-state index contributed by atoms with van der Waals surface area (Å²) >= 11 is 0. The summed E-state index contributed by atoms with van der Waals surface area (Å²) in [6.07, 6.45) is 7.02. The largest absolute Gasteiger partial charge is 0.482 e. The van der Waals surface area contributed by atoms with Crippen molar-refractivity contribution < 1.29 is 9.13 Å². The van der Waals surface area contributed by atoms with E-state index in [2.05, 4.69) is 37.3 Å². The minimum atomic E-state index is -0.382. The molecule has 2 aromatic carbocycles. The van der Waals surface area contributed by atoms with E-state index >= 15 is 0 Å². The number of benzene rings is 2. The topological polar surface area (TPSA) is 77.2 Å². The molecule has 32 heavy (non-hydrogen) atoms. The quantitative estimate of drug-likeness (QED) is 0.425. The average Bonchev–Trinajstić information content (AvgIpc) is 3.15. The van der Waals surface area contributed by atoms with E-state index in [1.807, 2.05) is 39.1 Å². The van der Waals surface area contributed by atoms with Gasteiger partial charge in [0, 0.05) is 24.7 Å². The van der Waals surface area contributed by atoms with Gasteiger partial charge in [0.05, 0.1) is 22.6 Å². The van der Waals surface area contributed by atoms with E-state index in [1.54, 1.807) is 16.9 Å². The van der Waals surface area contributed by atoms with Crippen molar-refractivity contribution in [2.45, 2.75) is 20.0 Å². The molecule has 0 aliphatic heterocycles. The van der Waals surface area contributed by atoms with Gasteiger partial charge in [-0.1, -0.05) is 0 Å². The van der Waals surface area contributed by atoms with E-state index < -0.39 is 0 Å². The first-order valence-electron chi connectivity index (χ1n) is 10.1. The number of nitrogens with one attached hydrogen (secondary N) is 1.